The summed E-state index contributed by atoms with van der Waals surface area (Å²) in [6, 6.07) is 13.8. The van der Waals surface area contributed by atoms with Crippen molar-refractivity contribution < 1.29 is 9.13 Å². The fourth-order valence-corrected chi connectivity index (χ4v) is 1.91. The van der Waals surface area contributed by atoms with Gasteiger partial charge in [0.25, 0.3) is 0 Å². The van der Waals surface area contributed by atoms with Gasteiger partial charge in [0.15, 0.2) is 0 Å². The zero-order valence-corrected chi connectivity index (χ0v) is 10.8. The van der Waals surface area contributed by atoms with Crippen LogP contribution in [0.25, 0.3) is 0 Å². The molecule has 0 atom stereocenters. The largest absolute Gasteiger partial charge is 0.497 e. The average Bonchev–Trinajstić information content (AvgIpc) is 2.39. The molecule has 88 valence electrons. The first-order chi connectivity index (χ1) is 8.20. The van der Waals surface area contributed by atoms with Crippen LogP contribution in [0.5, 0.6) is 5.75 Å². The minimum absolute atomic E-state index is 0.246. The van der Waals surface area contributed by atoms with Crippen molar-refractivity contribution in [3.05, 3.63) is 54.3 Å². The van der Waals surface area contributed by atoms with Gasteiger partial charge in [0.1, 0.15) is 11.6 Å². The number of rotatable bonds is 3. The van der Waals surface area contributed by atoms with Crippen LogP contribution in [0, 0.1) is 5.82 Å². The second-order valence-electron chi connectivity index (χ2n) is 3.46. The smallest absolute Gasteiger partial charge is 0.123 e. The van der Waals surface area contributed by atoms with Gasteiger partial charge >= 0.3 is 0 Å². The Labute approximate surface area is 108 Å². The first-order valence-electron chi connectivity index (χ1n) is 5.06. The van der Waals surface area contributed by atoms with E-state index < -0.39 is 0 Å². The molecule has 0 aromatic heterocycles. The summed E-state index contributed by atoms with van der Waals surface area (Å²) in [5.41, 5.74) is 1.80. The van der Waals surface area contributed by atoms with E-state index in [1.165, 1.54) is 12.1 Å². The van der Waals surface area contributed by atoms with Crippen molar-refractivity contribution in [2.75, 3.05) is 11.0 Å². The Bertz CT molecular complexity index is 484. The van der Waals surface area contributed by atoms with Crippen LogP contribution >= 0.6 is 16.1 Å². The molecule has 0 unspecified atom stereocenters. The van der Waals surface area contributed by atoms with Crippen molar-refractivity contribution in [1.29, 1.82) is 0 Å². The summed E-state index contributed by atoms with van der Waals surface area (Å²) in [5.74, 6) is 0.554. The van der Waals surface area contributed by atoms with Crippen LogP contribution in [-0.2, 0) is 0 Å². The summed E-state index contributed by atoms with van der Waals surface area (Å²) in [4.78, 5) is 0. The van der Waals surface area contributed by atoms with Crippen LogP contribution in [0.4, 0.5) is 15.8 Å². The zero-order valence-electron chi connectivity index (χ0n) is 9.23. The Kier molecular flexibility index (Phi) is 3.64. The Balaban J connectivity index is 2.23. The average molecular weight is 296 g/mol. The van der Waals surface area contributed by atoms with Gasteiger partial charge in [-0.25, -0.2) is 4.39 Å². The SMILES string of the molecule is COc1ccc(N(Br)c2ccc(F)cc2)cc1. The standard InChI is InChI=1S/C13H11BrFNO/c1-17-13-8-6-12(7-9-13)16(14)11-4-2-10(15)3-5-11/h2-9H,1H3. The molecule has 0 saturated heterocycles. The molecule has 0 fully saturated rings. The van der Waals surface area contributed by atoms with E-state index >= 15 is 0 Å². The van der Waals surface area contributed by atoms with Gasteiger partial charge in [0.05, 0.1) is 34.6 Å². The maximum atomic E-state index is 12.8. The third-order valence-corrected chi connectivity index (χ3v) is 3.17. The van der Waals surface area contributed by atoms with Crippen LogP contribution in [0.3, 0.4) is 0 Å². The van der Waals surface area contributed by atoms with E-state index in [0.29, 0.717) is 0 Å². The van der Waals surface area contributed by atoms with E-state index in [1.807, 2.05) is 24.3 Å². The number of nitrogens with zero attached hydrogens (tertiary/aromatic N) is 1. The topological polar surface area (TPSA) is 12.5 Å². The Morgan fingerprint density at radius 3 is 1.88 bits per heavy atom. The van der Waals surface area contributed by atoms with Gasteiger partial charge in [-0.05, 0) is 48.5 Å². The van der Waals surface area contributed by atoms with Crippen LogP contribution in [0.1, 0.15) is 0 Å². The molecular weight excluding hydrogens is 285 g/mol. The number of benzene rings is 2. The Morgan fingerprint density at radius 1 is 0.941 bits per heavy atom. The van der Waals surface area contributed by atoms with Crippen LogP contribution < -0.4 is 8.66 Å². The van der Waals surface area contributed by atoms with Crippen molar-refractivity contribution in [3.8, 4) is 5.75 Å². The molecule has 0 N–H and O–H groups in total. The molecule has 0 aliphatic carbocycles. The van der Waals surface area contributed by atoms with Gasteiger partial charge in [0, 0.05) is 0 Å². The summed E-state index contributed by atoms with van der Waals surface area (Å²) in [5, 5.41) is 0. The van der Waals surface area contributed by atoms with Crippen molar-refractivity contribution in [1.82, 2.24) is 0 Å². The third kappa shape index (κ3) is 2.77. The van der Waals surface area contributed by atoms with Gasteiger partial charge in [-0.2, -0.15) is 0 Å². The van der Waals surface area contributed by atoms with Crippen LogP contribution in [-0.4, -0.2) is 7.11 Å². The van der Waals surface area contributed by atoms with E-state index in [9.17, 15) is 4.39 Å². The molecule has 4 heteroatoms. The summed E-state index contributed by atoms with van der Waals surface area (Å²) in [7, 11) is 1.63. The minimum Gasteiger partial charge on any atom is -0.497 e. The van der Waals surface area contributed by atoms with Crippen molar-refractivity contribution in [3.63, 3.8) is 0 Å². The number of anilines is 2. The number of hydrogen-bond donors (Lipinski definition) is 0. The van der Waals surface area contributed by atoms with Crippen LogP contribution in [0.15, 0.2) is 48.5 Å². The second kappa shape index (κ2) is 5.19. The molecule has 0 saturated carbocycles. The predicted octanol–water partition coefficient (Wildman–Crippen LogP) is 4.28. The van der Waals surface area contributed by atoms with E-state index in [4.69, 9.17) is 4.74 Å². The van der Waals surface area contributed by atoms with Gasteiger partial charge in [-0.15, -0.1) is 0 Å². The highest BCUT2D eigenvalue weighted by atomic mass is 79.9. The molecular formula is C13H11BrFNO. The first-order valence-corrected chi connectivity index (χ1v) is 5.77. The fraction of sp³-hybridized carbons (Fsp3) is 0.0769. The Morgan fingerprint density at radius 2 is 1.41 bits per heavy atom. The van der Waals surface area contributed by atoms with Gasteiger partial charge in [-0.1, -0.05) is 0 Å². The lowest BCUT2D eigenvalue weighted by Crippen LogP contribution is -2.00. The second-order valence-corrected chi connectivity index (χ2v) is 4.16. The lowest BCUT2D eigenvalue weighted by molar-refractivity contribution is 0.415. The first kappa shape index (κ1) is 11.9. The normalized spacial score (nSPS) is 10.1. The van der Waals surface area contributed by atoms with E-state index in [-0.39, 0.29) is 5.82 Å². The zero-order chi connectivity index (χ0) is 12.3. The highest BCUT2D eigenvalue weighted by Gasteiger charge is 2.05. The predicted molar refractivity (Wildman–Crippen MR) is 70.5 cm³/mol. The molecule has 2 nitrogen and oxygen atoms in total. The summed E-state index contributed by atoms with van der Waals surface area (Å²) >= 11 is 3.44. The number of halogens is 2. The summed E-state index contributed by atoms with van der Waals surface area (Å²) < 4.78 is 19.7. The lowest BCUT2D eigenvalue weighted by Gasteiger charge is -2.16. The van der Waals surface area contributed by atoms with Crippen molar-refractivity contribution >= 4 is 27.5 Å². The lowest BCUT2D eigenvalue weighted by atomic mass is 10.2. The quantitative estimate of drug-likeness (QED) is 0.784. The van der Waals surface area contributed by atoms with Crippen molar-refractivity contribution in [2.24, 2.45) is 0 Å². The Hall–Kier alpha value is -1.55. The molecule has 0 spiro atoms. The molecule has 0 amide bonds. The third-order valence-electron chi connectivity index (χ3n) is 2.35. The molecule has 0 bridgehead atoms. The number of hydrogen-bond acceptors (Lipinski definition) is 2. The van der Waals surface area contributed by atoms with Crippen molar-refractivity contribution in [2.45, 2.75) is 0 Å². The highest BCUT2D eigenvalue weighted by Crippen LogP contribution is 2.30. The molecule has 17 heavy (non-hydrogen) atoms. The monoisotopic (exact) mass is 295 g/mol. The molecule has 0 aliphatic rings. The molecule has 2 rings (SSSR count). The minimum atomic E-state index is -0.246. The molecule has 0 radical (unpaired) electrons. The van der Waals surface area contributed by atoms with Crippen LogP contribution in [0.2, 0.25) is 0 Å². The highest BCUT2D eigenvalue weighted by molar-refractivity contribution is 9.10. The van der Waals surface area contributed by atoms with Gasteiger partial charge in [-0.3, -0.25) is 3.93 Å². The van der Waals surface area contributed by atoms with E-state index in [0.717, 1.165) is 17.1 Å². The summed E-state index contributed by atoms with van der Waals surface area (Å²) in [6.07, 6.45) is 0. The molecule has 2 aromatic rings. The maximum absolute atomic E-state index is 12.8. The maximum Gasteiger partial charge on any atom is 0.123 e. The molecule has 2 aromatic carbocycles. The summed E-state index contributed by atoms with van der Waals surface area (Å²) in [6.45, 7) is 0. The number of ether oxygens (including phenoxy) is 1. The van der Waals surface area contributed by atoms with Gasteiger partial charge in [0.2, 0.25) is 0 Å². The van der Waals surface area contributed by atoms with Gasteiger partial charge < -0.3 is 4.74 Å². The van der Waals surface area contributed by atoms with E-state index in [1.54, 1.807) is 23.2 Å². The van der Waals surface area contributed by atoms with E-state index in [2.05, 4.69) is 16.1 Å². The molecule has 0 aliphatic heterocycles. The fourth-order valence-electron chi connectivity index (χ4n) is 1.43. The molecule has 0 heterocycles. The number of methoxy groups -OCH3 is 1.